The molecule has 0 aliphatic carbocycles. The van der Waals surface area contributed by atoms with E-state index in [2.05, 4.69) is 20.2 Å². The SMILES string of the molecule is CN[C@@H]1CCN(c2nc(N)nc3c2sc2ccc(Cl)cc23)C1. The van der Waals surface area contributed by atoms with Crippen molar-refractivity contribution in [3.63, 3.8) is 0 Å². The Hall–Kier alpha value is -1.63. The van der Waals surface area contributed by atoms with Crippen LogP contribution in [-0.4, -0.2) is 36.1 Å². The van der Waals surface area contributed by atoms with Gasteiger partial charge in [0.15, 0.2) is 5.82 Å². The molecule has 3 N–H and O–H groups in total. The summed E-state index contributed by atoms with van der Waals surface area (Å²) in [7, 11) is 2.00. The minimum Gasteiger partial charge on any atom is -0.368 e. The number of likely N-dealkylation sites (N-methyl/N-ethyl adjacent to an activating group) is 1. The zero-order valence-electron chi connectivity index (χ0n) is 12.1. The fraction of sp³-hybridized carbons (Fsp3) is 0.333. The van der Waals surface area contributed by atoms with Crippen molar-refractivity contribution >= 4 is 55.0 Å². The molecule has 4 rings (SSSR count). The normalized spacial score (nSPS) is 18.6. The van der Waals surface area contributed by atoms with Gasteiger partial charge in [-0.3, -0.25) is 0 Å². The van der Waals surface area contributed by atoms with Gasteiger partial charge in [0.05, 0.1) is 10.2 Å². The molecule has 1 fully saturated rings. The maximum absolute atomic E-state index is 6.13. The van der Waals surface area contributed by atoms with Gasteiger partial charge < -0.3 is 16.0 Å². The lowest BCUT2D eigenvalue weighted by Gasteiger charge is -2.18. The number of benzene rings is 1. The van der Waals surface area contributed by atoms with Crippen LogP contribution in [0.2, 0.25) is 5.02 Å². The molecule has 0 amide bonds. The van der Waals surface area contributed by atoms with Crippen LogP contribution in [0.15, 0.2) is 18.2 Å². The first-order valence-corrected chi connectivity index (χ1v) is 8.42. The molecule has 1 aromatic carbocycles. The second-order valence-corrected chi connectivity index (χ2v) is 7.03. The lowest BCUT2D eigenvalue weighted by Crippen LogP contribution is -2.30. The first-order valence-electron chi connectivity index (χ1n) is 7.23. The van der Waals surface area contributed by atoms with Gasteiger partial charge in [-0.25, -0.2) is 4.98 Å². The molecule has 0 unspecified atom stereocenters. The maximum Gasteiger partial charge on any atom is 0.222 e. The van der Waals surface area contributed by atoms with Gasteiger partial charge in [0.1, 0.15) is 0 Å². The molecule has 0 bridgehead atoms. The van der Waals surface area contributed by atoms with Gasteiger partial charge in [-0.2, -0.15) is 4.98 Å². The predicted molar refractivity (Wildman–Crippen MR) is 94.0 cm³/mol. The van der Waals surface area contributed by atoms with E-state index >= 15 is 0 Å². The Labute approximate surface area is 137 Å². The molecule has 1 saturated heterocycles. The van der Waals surface area contributed by atoms with Crippen LogP contribution in [0.1, 0.15) is 6.42 Å². The number of halogens is 1. The van der Waals surface area contributed by atoms with Crippen molar-refractivity contribution in [1.82, 2.24) is 15.3 Å². The maximum atomic E-state index is 6.13. The largest absolute Gasteiger partial charge is 0.368 e. The molecule has 1 aliphatic rings. The smallest absolute Gasteiger partial charge is 0.222 e. The number of aromatic nitrogens is 2. The number of thiophene rings is 1. The van der Waals surface area contributed by atoms with Crippen molar-refractivity contribution in [3.05, 3.63) is 23.2 Å². The van der Waals surface area contributed by atoms with Crippen molar-refractivity contribution in [2.24, 2.45) is 0 Å². The van der Waals surface area contributed by atoms with Crippen molar-refractivity contribution in [2.75, 3.05) is 30.8 Å². The van der Waals surface area contributed by atoms with Gasteiger partial charge >= 0.3 is 0 Å². The van der Waals surface area contributed by atoms with Gasteiger partial charge in [-0.15, -0.1) is 11.3 Å². The summed E-state index contributed by atoms with van der Waals surface area (Å²) >= 11 is 7.83. The van der Waals surface area contributed by atoms with Gasteiger partial charge in [0, 0.05) is 34.2 Å². The zero-order chi connectivity index (χ0) is 15.3. The van der Waals surface area contributed by atoms with Crippen LogP contribution in [0.3, 0.4) is 0 Å². The summed E-state index contributed by atoms with van der Waals surface area (Å²) in [5.74, 6) is 1.26. The van der Waals surface area contributed by atoms with E-state index in [4.69, 9.17) is 17.3 Å². The molecule has 114 valence electrons. The summed E-state index contributed by atoms with van der Waals surface area (Å²) in [5, 5.41) is 5.09. The van der Waals surface area contributed by atoms with E-state index in [1.165, 1.54) is 0 Å². The number of anilines is 2. The average Bonchev–Trinajstić information content (AvgIpc) is 3.11. The van der Waals surface area contributed by atoms with Crippen molar-refractivity contribution in [1.29, 1.82) is 0 Å². The second-order valence-electron chi connectivity index (χ2n) is 5.55. The van der Waals surface area contributed by atoms with Crippen LogP contribution in [0.4, 0.5) is 11.8 Å². The number of nitrogens with one attached hydrogen (secondary N) is 1. The van der Waals surface area contributed by atoms with E-state index in [9.17, 15) is 0 Å². The van der Waals surface area contributed by atoms with E-state index in [1.54, 1.807) is 11.3 Å². The Morgan fingerprint density at radius 1 is 1.41 bits per heavy atom. The van der Waals surface area contributed by atoms with E-state index < -0.39 is 0 Å². The van der Waals surface area contributed by atoms with Crippen molar-refractivity contribution in [3.8, 4) is 0 Å². The minimum absolute atomic E-state index is 0.315. The van der Waals surface area contributed by atoms with Crippen LogP contribution in [0.5, 0.6) is 0 Å². The van der Waals surface area contributed by atoms with Crippen LogP contribution in [0.25, 0.3) is 20.3 Å². The highest BCUT2D eigenvalue weighted by molar-refractivity contribution is 7.26. The molecular weight excluding hydrogens is 318 g/mol. The highest BCUT2D eigenvalue weighted by atomic mass is 35.5. The Morgan fingerprint density at radius 2 is 2.27 bits per heavy atom. The first kappa shape index (κ1) is 14.0. The van der Waals surface area contributed by atoms with E-state index in [-0.39, 0.29) is 0 Å². The second kappa shape index (κ2) is 5.22. The molecule has 3 aromatic rings. The molecule has 0 spiro atoms. The number of hydrogen-bond donors (Lipinski definition) is 2. The van der Waals surface area contributed by atoms with E-state index in [0.29, 0.717) is 17.0 Å². The lowest BCUT2D eigenvalue weighted by atomic mass is 10.2. The van der Waals surface area contributed by atoms with Gasteiger partial charge in [-0.05, 0) is 31.7 Å². The Morgan fingerprint density at radius 3 is 3.05 bits per heavy atom. The van der Waals surface area contributed by atoms with Crippen LogP contribution < -0.4 is 16.0 Å². The Bertz CT molecular complexity index is 862. The molecule has 3 heterocycles. The molecule has 7 heteroatoms. The van der Waals surface area contributed by atoms with Crippen LogP contribution >= 0.6 is 22.9 Å². The fourth-order valence-corrected chi connectivity index (χ4v) is 4.33. The van der Waals surface area contributed by atoms with Crippen LogP contribution in [-0.2, 0) is 0 Å². The fourth-order valence-electron chi connectivity index (χ4n) is 3.02. The summed E-state index contributed by atoms with van der Waals surface area (Å²) < 4.78 is 2.24. The van der Waals surface area contributed by atoms with Gasteiger partial charge in [0.2, 0.25) is 5.95 Å². The molecule has 0 saturated carbocycles. The quantitative estimate of drug-likeness (QED) is 0.755. The third-order valence-corrected chi connectivity index (χ3v) is 5.56. The van der Waals surface area contributed by atoms with Gasteiger partial charge in [0.25, 0.3) is 0 Å². The molecule has 2 aromatic heterocycles. The molecule has 22 heavy (non-hydrogen) atoms. The predicted octanol–water partition coefficient (Wildman–Crippen LogP) is 2.88. The highest BCUT2D eigenvalue weighted by Crippen LogP contribution is 2.39. The number of rotatable bonds is 2. The zero-order valence-corrected chi connectivity index (χ0v) is 13.7. The highest BCUT2D eigenvalue weighted by Gasteiger charge is 2.25. The van der Waals surface area contributed by atoms with E-state index in [1.807, 2.05) is 25.2 Å². The molecule has 0 radical (unpaired) electrons. The van der Waals surface area contributed by atoms with E-state index in [0.717, 1.165) is 45.6 Å². The average molecular weight is 334 g/mol. The third kappa shape index (κ3) is 2.18. The first-order chi connectivity index (χ1) is 10.7. The molecular formula is C15H16ClN5S. The summed E-state index contributed by atoms with van der Waals surface area (Å²) in [4.78, 5) is 11.3. The number of fused-ring (bicyclic) bond motifs is 3. The monoisotopic (exact) mass is 333 g/mol. The Kier molecular flexibility index (Phi) is 3.32. The topological polar surface area (TPSA) is 67.1 Å². The molecule has 5 nitrogen and oxygen atoms in total. The molecule has 1 aliphatic heterocycles. The number of nitrogens with two attached hydrogens (primary N) is 1. The van der Waals surface area contributed by atoms with Crippen LogP contribution in [0, 0.1) is 0 Å². The van der Waals surface area contributed by atoms with Crippen molar-refractivity contribution in [2.45, 2.75) is 12.5 Å². The van der Waals surface area contributed by atoms with Crippen molar-refractivity contribution < 1.29 is 0 Å². The summed E-state index contributed by atoms with van der Waals surface area (Å²) in [6.07, 6.45) is 1.11. The van der Waals surface area contributed by atoms with Gasteiger partial charge in [-0.1, -0.05) is 11.6 Å². The summed E-state index contributed by atoms with van der Waals surface area (Å²) in [6, 6.07) is 6.38. The number of nitrogens with zero attached hydrogens (tertiary/aromatic N) is 3. The number of nitrogen functional groups attached to an aromatic ring is 1. The third-order valence-electron chi connectivity index (χ3n) is 4.17. The standard InChI is InChI=1S/C15H16ClN5S/c1-18-9-4-5-21(7-9)14-13-12(19-15(17)20-14)10-6-8(16)2-3-11(10)22-13/h2-3,6,9,18H,4-5,7H2,1H3,(H2,17,19,20)/t9-/m1/s1. The summed E-state index contributed by atoms with van der Waals surface area (Å²) in [5.41, 5.74) is 6.86. The Balaban J connectivity index is 1.93. The minimum atomic E-state index is 0.315. The lowest BCUT2D eigenvalue weighted by molar-refractivity contribution is 0.616. The molecule has 1 atom stereocenters. The summed E-state index contributed by atoms with van der Waals surface area (Å²) in [6.45, 7) is 1.92. The number of hydrogen-bond acceptors (Lipinski definition) is 6.